The molecule has 1 rings (SSSR count). The Balaban J connectivity index is 2.47. The summed E-state index contributed by atoms with van der Waals surface area (Å²) in [6.07, 6.45) is 0. The van der Waals surface area contributed by atoms with E-state index in [0.717, 1.165) is 5.56 Å². The van der Waals surface area contributed by atoms with E-state index in [0.29, 0.717) is 24.4 Å². The number of aryl methyl sites for hydroxylation is 1. The molecule has 0 aliphatic heterocycles. The first-order chi connectivity index (χ1) is 8.29. The summed E-state index contributed by atoms with van der Waals surface area (Å²) >= 11 is 0. The van der Waals surface area contributed by atoms with E-state index >= 15 is 0 Å². The number of ether oxygens (including phenoxy) is 2. The molecule has 0 aliphatic rings. The van der Waals surface area contributed by atoms with E-state index in [4.69, 9.17) is 19.5 Å². The Morgan fingerprint density at radius 2 is 1.83 bits per heavy atom. The van der Waals surface area contributed by atoms with Crippen molar-refractivity contribution in [2.45, 2.75) is 33.3 Å². The zero-order valence-corrected chi connectivity index (χ0v) is 11.4. The summed E-state index contributed by atoms with van der Waals surface area (Å²) in [7, 11) is -1.44. The van der Waals surface area contributed by atoms with Gasteiger partial charge >= 0.3 is 7.12 Å². The number of hydrogen-bond donors (Lipinski definition) is 2. The minimum atomic E-state index is -1.44. The van der Waals surface area contributed by atoms with Crippen LogP contribution < -0.4 is 10.2 Å². The molecule has 0 atom stereocenters. The summed E-state index contributed by atoms with van der Waals surface area (Å²) < 4.78 is 11.1. The topological polar surface area (TPSA) is 58.9 Å². The van der Waals surface area contributed by atoms with Crippen molar-refractivity contribution in [3.8, 4) is 5.75 Å². The Hall–Kier alpha value is -1.04. The van der Waals surface area contributed by atoms with Crippen LogP contribution in [0.1, 0.15) is 26.3 Å². The average molecular weight is 252 g/mol. The van der Waals surface area contributed by atoms with E-state index in [9.17, 15) is 0 Å². The van der Waals surface area contributed by atoms with Crippen LogP contribution in [0.4, 0.5) is 0 Å². The maximum absolute atomic E-state index is 9.09. The molecule has 0 saturated carbocycles. The second kappa shape index (κ2) is 6.23. The van der Waals surface area contributed by atoms with Gasteiger partial charge in [-0.2, -0.15) is 0 Å². The van der Waals surface area contributed by atoms with Gasteiger partial charge in [-0.25, -0.2) is 0 Å². The Bertz CT molecular complexity index is 385. The maximum atomic E-state index is 9.09. The third-order valence-electron chi connectivity index (χ3n) is 2.41. The molecule has 0 amide bonds. The lowest BCUT2D eigenvalue weighted by atomic mass is 9.77. The molecule has 1 aromatic rings. The molecule has 2 N–H and O–H groups in total. The SMILES string of the molecule is Cc1cc(OCCOC(C)(C)C)ccc1B(O)O. The highest BCUT2D eigenvalue weighted by atomic mass is 16.5. The van der Waals surface area contributed by atoms with Crippen molar-refractivity contribution in [2.75, 3.05) is 13.2 Å². The largest absolute Gasteiger partial charge is 0.491 e. The van der Waals surface area contributed by atoms with Crippen LogP contribution in [0.15, 0.2) is 18.2 Å². The van der Waals surface area contributed by atoms with Gasteiger partial charge in [0.1, 0.15) is 12.4 Å². The van der Waals surface area contributed by atoms with Gasteiger partial charge < -0.3 is 19.5 Å². The van der Waals surface area contributed by atoms with Gasteiger partial charge in [0.15, 0.2) is 0 Å². The minimum absolute atomic E-state index is 0.163. The lowest BCUT2D eigenvalue weighted by Crippen LogP contribution is -2.31. The van der Waals surface area contributed by atoms with Crippen molar-refractivity contribution >= 4 is 12.6 Å². The molecule has 1 aromatic carbocycles. The van der Waals surface area contributed by atoms with Crippen LogP contribution >= 0.6 is 0 Å². The van der Waals surface area contributed by atoms with Crippen molar-refractivity contribution in [3.63, 3.8) is 0 Å². The van der Waals surface area contributed by atoms with Crippen molar-refractivity contribution in [2.24, 2.45) is 0 Å². The molecule has 0 unspecified atom stereocenters. The molecule has 5 heteroatoms. The lowest BCUT2D eigenvalue weighted by Gasteiger charge is -2.19. The number of benzene rings is 1. The predicted octanol–water partition coefficient (Wildman–Crippen LogP) is 0.869. The molecule has 0 fully saturated rings. The van der Waals surface area contributed by atoms with Gasteiger partial charge in [0, 0.05) is 0 Å². The van der Waals surface area contributed by atoms with Crippen LogP contribution in [0.2, 0.25) is 0 Å². The van der Waals surface area contributed by atoms with Crippen molar-refractivity contribution in [3.05, 3.63) is 23.8 Å². The summed E-state index contributed by atoms with van der Waals surface area (Å²) in [6.45, 7) is 8.79. The minimum Gasteiger partial charge on any atom is -0.491 e. The fourth-order valence-electron chi connectivity index (χ4n) is 1.54. The van der Waals surface area contributed by atoms with Gasteiger partial charge in [-0.05, 0) is 50.9 Å². The molecule has 4 nitrogen and oxygen atoms in total. The number of rotatable bonds is 5. The first kappa shape index (κ1) is 15.0. The number of hydrogen-bond acceptors (Lipinski definition) is 4. The molecule has 0 aromatic heterocycles. The van der Waals surface area contributed by atoms with E-state index < -0.39 is 7.12 Å². The summed E-state index contributed by atoms with van der Waals surface area (Å²) in [5.74, 6) is 0.703. The molecule has 0 spiro atoms. The fraction of sp³-hybridized carbons (Fsp3) is 0.538. The average Bonchev–Trinajstić information content (AvgIpc) is 2.22. The molecule has 0 saturated heterocycles. The van der Waals surface area contributed by atoms with Crippen molar-refractivity contribution < 1.29 is 19.5 Å². The van der Waals surface area contributed by atoms with Crippen molar-refractivity contribution in [1.29, 1.82) is 0 Å². The fourth-order valence-corrected chi connectivity index (χ4v) is 1.54. The van der Waals surface area contributed by atoms with Crippen LogP contribution in [0, 0.1) is 6.92 Å². The van der Waals surface area contributed by atoms with Gasteiger partial charge in [0.2, 0.25) is 0 Å². The highest BCUT2D eigenvalue weighted by Gasteiger charge is 2.14. The maximum Gasteiger partial charge on any atom is 0.488 e. The first-order valence-corrected chi connectivity index (χ1v) is 6.03. The Labute approximate surface area is 109 Å². The van der Waals surface area contributed by atoms with Crippen LogP contribution in [-0.4, -0.2) is 36.0 Å². The zero-order chi connectivity index (χ0) is 13.8. The van der Waals surface area contributed by atoms with Crippen LogP contribution in [-0.2, 0) is 4.74 Å². The Morgan fingerprint density at radius 1 is 1.17 bits per heavy atom. The van der Waals surface area contributed by atoms with E-state index in [-0.39, 0.29) is 5.60 Å². The van der Waals surface area contributed by atoms with E-state index in [1.807, 2.05) is 27.7 Å². The summed E-state index contributed by atoms with van der Waals surface area (Å²) in [4.78, 5) is 0. The quantitative estimate of drug-likeness (QED) is 0.603. The predicted molar refractivity (Wildman–Crippen MR) is 72.2 cm³/mol. The van der Waals surface area contributed by atoms with Gasteiger partial charge in [-0.3, -0.25) is 0 Å². The molecule has 18 heavy (non-hydrogen) atoms. The van der Waals surface area contributed by atoms with Gasteiger partial charge in [-0.15, -0.1) is 0 Å². The van der Waals surface area contributed by atoms with Crippen LogP contribution in [0.5, 0.6) is 5.75 Å². The van der Waals surface area contributed by atoms with Crippen molar-refractivity contribution in [1.82, 2.24) is 0 Å². The monoisotopic (exact) mass is 252 g/mol. The molecule has 0 aliphatic carbocycles. The normalized spacial score (nSPS) is 11.4. The lowest BCUT2D eigenvalue weighted by molar-refractivity contribution is -0.0163. The first-order valence-electron chi connectivity index (χ1n) is 6.03. The molecular weight excluding hydrogens is 231 g/mol. The second-order valence-corrected chi connectivity index (χ2v) is 5.20. The highest BCUT2D eigenvalue weighted by molar-refractivity contribution is 6.59. The standard InChI is InChI=1S/C13H21BO4/c1-10-9-11(5-6-12(10)14(15)16)17-7-8-18-13(2,3)4/h5-6,9,15-16H,7-8H2,1-4H3. The smallest absolute Gasteiger partial charge is 0.488 e. The van der Waals surface area contributed by atoms with Gasteiger partial charge in [0.25, 0.3) is 0 Å². The molecule has 0 heterocycles. The van der Waals surface area contributed by atoms with E-state index in [2.05, 4.69) is 0 Å². The molecule has 0 bridgehead atoms. The summed E-state index contributed by atoms with van der Waals surface area (Å²) in [5, 5.41) is 18.2. The Morgan fingerprint density at radius 3 is 2.33 bits per heavy atom. The molecular formula is C13H21BO4. The van der Waals surface area contributed by atoms with Crippen LogP contribution in [0.3, 0.4) is 0 Å². The van der Waals surface area contributed by atoms with E-state index in [1.165, 1.54) is 0 Å². The van der Waals surface area contributed by atoms with Gasteiger partial charge in [-0.1, -0.05) is 6.07 Å². The summed E-state index contributed by atoms with van der Waals surface area (Å²) in [6, 6.07) is 5.16. The third-order valence-corrected chi connectivity index (χ3v) is 2.41. The second-order valence-electron chi connectivity index (χ2n) is 5.20. The Kier molecular flexibility index (Phi) is 5.20. The van der Waals surface area contributed by atoms with Gasteiger partial charge in [0.05, 0.1) is 12.2 Å². The third kappa shape index (κ3) is 5.08. The molecule has 0 radical (unpaired) electrons. The highest BCUT2D eigenvalue weighted by Crippen LogP contribution is 2.12. The van der Waals surface area contributed by atoms with Crippen LogP contribution in [0.25, 0.3) is 0 Å². The van der Waals surface area contributed by atoms with E-state index in [1.54, 1.807) is 18.2 Å². The zero-order valence-electron chi connectivity index (χ0n) is 11.4. The molecule has 100 valence electrons. The summed E-state index contributed by atoms with van der Waals surface area (Å²) in [5.41, 5.74) is 1.12.